The summed E-state index contributed by atoms with van der Waals surface area (Å²) in [6.07, 6.45) is 5.63. The standard InChI is InChI=1S/C20H16N4O3/c1-4-12-9-13(5-7-15(12)21-11(2)3)18-23-24-19(27-18)14-6-8-16-17(10-14)26-20(25)22-16/h1,5-11,21H,2-3H3,(H,22,25). The maximum Gasteiger partial charge on any atom is 0.417 e. The van der Waals surface area contributed by atoms with Crippen molar-refractivity contribution in [1.82, 2.24) is 15.2 Å². The molecule has 27 heavy (non-hydrogen) atoms. The summed E-state index contributed by atoms with van der Waals surface area (Å²) < 4.78 is 10.9. The van der Waals surface area contributed by atoms with Crippen LogP contribution in [0.5, 0.6) is 0 Å². The largest absolute Gasteiger partial charge is 0.417 e. The summed E-state index contributed by atoms with van der Waals surface area (Å²) in [5.74, 6) is 2.84. The van der Waals surface area contributed by atoms with Gasteiger partial charge in [-0.1, -0.05) is 5.92 Å². The van der Waals surface area contributed by atoms with Crippen molar-refractivity contribution in [3.05, 3.63) is 52.5 Å². The van der Waals surface area contributed by atoms with Gasteiger partial charge in [0.15, 0.2) is 5.58 Å². The minimum absolute atomic E-state index is 0.265. The van der Waals surface area contributed by atoms with Crippen LogP contribution in [0.3, 0.4) is 0 Å². The van der Waals surface area contributed by atoms with Gasteiger partial charge in [0.2, 0.25) is 11.8 Å². The minimum Gasteiger partial charge on any atom is -0.416 e. The average molecular weight is 360 g/mol. The van der Waals surface area contributed by atoms with E-state index in [0.29, 0.717) is 28.4 Å². The van der Waals surface area contributed by atoms with Crippen LogP contribution >= 0.6 is 0 Å². The molecule has 0 saturated carbocycles. The Bertz CT molecular complexity index is 1220. The van der Waals surface area contributed by atoms with Crippen molar-refractivity contribution < 1.29 is 8.83 Å². The Morgan fingerprint density at radius 2 is 1.78 bits per heavy atom. The van der Waals surface area contributed by atoms with E-state index in [4.69, 9.17) is 15.3 Å². The van der Waals surface area contributed by atoms with E-state index < -0.39 is 5.76 Å². The van der Waals surface area contributed by atoms with Crippen LogP contribution in [0.15, 0.2) is 50.0 Å². The molecule has 0 atom stereocenters. The third-order valence-electron chi connectivity index (χ3n) is 3.96. The van der Waals surface area contributed by atoms with E-state index in [-0.39, 0.29) is 6.04 Å². The minimum atomic E-state index is -0.509. The van der Waals surface area contributed by atoms with Gasteiger partial charge in [-0.15, -0.1) is 16.6 Å². The molecular weight excluding hydrogens is 344 g/mol. The van der Waals surface area contributed by atoms with E-state index in [0.717, 1.165) is 16.8 Å². The molecule has 2 aromatic carbocycles. The first-order chi connectivity index (χ1) is 13.0. The topological polar surface area (TPSA) is 97.0 Å². The molecule has 134 valence electrons. The highest BCUT2D eigenvalue weighted by molar-refractivity contribution is 5.78. The van der Waals surface area contributed by atoms with Gasteiger partial charge in [0, 0.05) is 22.7 Å². The molecular formula is C20H16N4O3. The van der Waals surface area contributed by atoms with E-state index in [1.54, 1.807) is 18.2 Å². The first-order valence-corrected chi connectivity index (χ1v) is 8.38. The molecule has 0 aliphatic heterocycles. The Morgan fingerprint density at radius 3 is 2.48 bits per heavy atom. The van der Waals surface area contributed by atoms with Crippen molar-refractivity contribution in [2.75, 3.05) is 5.32 Å². The summed E-state index contributed by atoms with van der Waals surface area (Å²) in [4.78, 5) is 13.9. The Hall–Kier alpha value is -3.79. The maximum absolute atomic E-state index is 11.3. The number of H-pyrrole nitrogens is 1. The lowest BCUT2D eigenvalue weighted by Gasteiger charge is -2.12. The van der Waals surface area contributed by atoms with E-state index in [9.17, 15) is 4.79 Å². The second kappa shape index (κ2) is 6.50. The third kappa shape index (κ3) is 3.20. The van der Waals surface area contributed by atoms with Crippen molar-refractivity contribution in [2.45, 2.75) is 19.9 Å². The summed E-state index contributed by atoms with van der Waals surface area (Å²) >= 11 is 0. The second-order valence-corrected chi connectivity index (χ2v) is 6.34. The predicted molar refractivity (Wildman–Crippen MR) is 102 cm³/mol. The number of benzene rings is 2. The summed E-state index contributed by atoms with van der Waals surface area (Å²) in [6.45, 7) is 4.09. The van der Waals surface area contributed by atoms with E-state index in [1.807, 2.05) is 32.0 Å². The highest BCUT2D eigenvalue weighted by Crippen LogP contribution is 2.28. The van der Waals surface area contributed by atoms with Crippen LogP contribution in [-0.2, 0) is 0 Å². The van der Waals surface area contributed by atoms with Crippen LogP contribution in [-0.4, -0.2) is 21.2 Å². The number of terminal acetylenes is 1. The number of aromatic nitrogens is 3. The summed E-state index contributed by atoms with van der Waals surface area (Å²) in [7, 11) is 0. The molecule has 2 heterocycles. The maximum atomic E-state index is 11.3. The number of hydrogen-bond acceptors (Lipinski definition) is 6. The lowest BCUT2D eigenvalue weighted by atomic mass is 10.1. The van der Waals surface area contributed by atoms with E-state index in [2.05, 4.69) is 26.4 Å². The Kier molecular flexibility index (Phi) is 4.01. The number of hydrogen-bond donors (Lipinski definition) is 2. The Morgan fingerprint density at radius 1 is 1.07 bits per heavy atom. The van der Waals surface area contributed by atoms with Gasteiger partial charge in [-0.3, -0.25) is 4.98 Å². The van der Waals surface area contributed by atoms with Crippen LogP contribution in [0.1, 0.15) is 19.4 Å². The molecule has 0 spiro atoms. The van der Waals surface area contributed by atoms with E-state index >= 15 is 0 Å². The zero-order valence-corrected chi connectivity index (χ0v) is 14.7. The summed E-state index contributed by atoms with van der Waals surface area (Å²) in [5.41, 5.74) is 4.01. The van der Waals surface area contributed by atoms with E-state index in [1.165, 1.54) is 0 Å². The molecule has 0 bridgehead atoms. The summed E-state index contributed by atoms with van der Waals surface area (Å²) in [5, 5.41) is 11.5. The van der Waals surface area contributed by atoms with Gasteiger partial charge < -0.3 is 14.2 Å². The highest BCUT2D eigenvalue weighted by atomic mass is 16.4. The van der Waals surface area contributed by atoms with Crippen LogP contribution in [0, 0.1) is 12.3 Å². The summed E-state index contributed by atoms with van der Waals surface area (Å²) in [6, 6.07) is 11.0. The SMILES string of the molecule is C#Cc1cc(-c2nnc(-c3ccc4[nH]c(=O)oc4c3)o2)ccc1NC(C)C. The van der Waals surface area contributed by atoms with Gasteiger partial charge in [-0.2, -0.15) is 0 Å². The normalized spacial score (nSPS) is 11.0. The smallest absolute Gasteiger partial charge is 0.416 e. The number of anilines is 1. The number of rotatable bonds is 4. The quantitative estimate of drug-likeness (QED) is 0.539. The lowest BCUT2D eigenvalue weighted by Crippen LogP contribution is -2.10. The fourth-order valence-electron chi connectivity index (χ4n) is 2.77. The van der Waals surface area contributed by atoms with Gasteiger partial charge in [0.1, 0.15) is 0 Å². The molecule has 2 N–H and O–H groups in total. The number of fused-ring (bicyclic) bond motifs is 1. The number of nitrogens with one attached hydrogen (secondary N) is 2. The van der Waals surface area contributed by atoms with Crippen LogP contribution in [0.4, 0.5) is 5.69 Å². The van der Waals surface area contributed by atoms with Crippen molar-refractivity contribution in [3.8, 4) is 35.3 Å². The first kappa shape index (κ1) is 16.7. The van der Waals surface area contributed by atoms with Crippen molar-refractivity contribution >= 4 is 16.8 Å². The van der Waals surface area contributed by atoms with Gasteiger partial charge in [-0.25, -0.2) is 4.79 Å². The van der Waals surface area contributed by atoms with Crippen LogP contribution < -0.4 is 11.1 Å². The number of oxazole rings is 1. The second-order valence-electron chi connectivity index (χ2n) is 6.34. The molecule has 4 rings (SSSR count). The fourth-order valence-corrected chi connectivity index (χ4v) is 2.77. The van der Waals surface area contributed by atoms with Crippen LogP contribution in [0.25, 0.3) is 34.0 Å². The first-order valence-electron chi connectivity index (χ1n) is 8.38. The van der Waals surface area contributed by atoms with Crippen molar-refractivity contribution in [3.63, 3.8) is 0 Å². The third-order valence-corrected chi connectivity index (χ3v) is 3.96. The molecule has 4 aromatic rings. The lowest BCUT2D eigenvalue weighted by molar-refractivity contribution is 0.554. The molecule has 7 heteroatoms. The Balaban J connectivity index is 1.69. The van der Waals surface area contributed by atoms with Gasteiger partial charge in [-0.05, 0) is 50.2 Å². The fraction of sp³-hybridized carbons (Fsp3) is 0.150. The molecule has 0 unspecified atom stereocenters. The number of aromatic amines is 1. The van der Waals surface area contributed by atoms with Gasteiger partial charge in [0.25, 0.3) is 0 Å². The van der Waals surface area contributed by atoms with Gasteiger partial charge >= 0.3 is 5.76 Å². The zero-order valence-electron chi connectivity index (χ0n) is 14.7. The predicted octanol–water partition coefficient (Wildman–Crippen LogP) is 3.64. The molecule has 0 radical (unpaired) electrons. The molecule has 7 nitrogen and oxygen atoms in total. The molecule has 0 amide bonds. The Labute approximate surface area is 154 Å². The van der Waals surface area contributed by atoms with Gasteiger partial charge in [0.05, 0.1) is 11.2 Å². The average Bonchev–Trinajstić information content (AvgIpc) is 3.26. The molecule has 0 fully saturated rings. The number of nitrogens with zero attached hydrogens (tertiary/aromatic N) is 2. The monoisotopic (exact) mass is 360 g/mol. The molecule has 2 aromatic heterocycles. The van der Waals surface area contributed by atoms with Crippen molar-refractivity contribution in [1.29, 1.82) is 0 Å². The molecule has 0 aliphatic rings. The molecule has 0 saturated heterocycles. The highest BCUT2D eigenvalue weighted by Gasteiger charge is 2.14. The van der Waals surface area contributed by atoms with Crippen molar-refractivity contribution in [2.24, 2.45) is 0 Å². The zero-order chi connectivity index (χ0) is 19.0. The molecule has 0 aliphatic carbocycles. The van der Waals surface area contributed by atoms with Crippen LogP contribution in [0.2, 0.25) is 0 Å².